The number of ether oxygens (including phenoxy) is 3. The third-order valence-electron chi connectivity index (χ3n) is 2.22. The normalized spacial score (nSPS) is 18.7. The van der Waals surface area contributed by atoms with Crippen LogP contribution in [0.25, 0.3) is 0 Å². The lowest BCUT2D eigenvalue weighted by Gasteiger charge is -2.09. The van der Waals surface area contributed by atoms with Crippen LogP contribution in [0.4, 0.5) is 0 Å². The van der Waals surface area contributed by atoms with Crippen molar-refractivity contribution in [1.82, 2.24) is 0 Å². The third kappa shape index (κ3) is 2.64. The number of epoxide rings is 1. The Hall–Kier alpha value is -1.75. The summed E-state index contributed by atoms with van der Waals surface area (Å²) in [6, 6.07) is 5.30. The van der Waals surface area contributed by atoms with E-state index in [4.69, 9.17) is 19.4 Å². The Morgan fingerprint density at radius 1 is 1.56 bits per heavy atom. The molecule has 1 aromatic rings. The van der Waals surface area contributed by atoms with Crippen molar-refractivity contribution < 1.29 is 19.4 Å². The number of rotatable bonds is 5. The van der Waals surface area contributed by atoms with Gasteiger partial charge in [0.15, 0.2) is 11.5 Å². The highest BCUT2D eigenvalue weighted by molar-refractivity contribution is 5.80. The maximum Gasteiger partial charge on any atom is 0.161 e. The molecular formula is C11H13NO4. The molecule has 86 valence electrons. The maximum atomic E-state index is 8.42. The van der Waals surface area contributed by atoms with E-state index in [0.717, 1.165) is 12.2 Å². The predicted octanol–water partition coefficient (Wildman–Crippen LogP) is 1.28. The fourth-order valence-electron chi connectivity index (χ4n) is 1.30. The number of nitrogens with zero attached hydrogens (tertiary/aromatic N) is 1. The second-order valence-corrected chi connectivity index (χ2v) is 3.42. The highest BCUT2D eigenvalue weighted by Crippen LogP contribution is 2.28. The summed E-state index contributed by atoms with van der Waals surface area (Å²) in [5.74, 6) is 1.27. The average molecular weight is 223 g/mol. The fraction of sp³-hybridized carbons (Fsp3) is 0.364. The van der Waals surface area contributed by atoms with Gasteiger partial charge >= 0.3 is 0 Å². The number of hydrogen-bond donors (Lipinski definition) is 1. The standard InChI is InChI=1S/C11H13NO4/c1-14-11-4-8(5-12-13)2-3-10(11)16-7-9-6-15-9/h2-5,9,13H,6-7H2,1H3. The predicted molar refractivity (Wildman–Crippen MR) is 57.6 cm³/mol. The van der Waals surface area contributed by atoms with Crippen molar-refractivity contribution in [3.63, 3.8) is 0 Å². The van der Waals surface area contributed by atoms with Crippen LogP contribution in [0.15, 0.2) is 23.4 Å². The van der Waals surface area contributed by atoms with E-state index >= 15 is 0 Å². The summed E-state index contributed by atoms with van der Waals surface area (Å²) in [7, 11) is 1.57. The van der Waals surface area contributed by atoms with E-state index in [0.29, 0.717) is 18.1 Å². The molecule has 1 fully saturated rings. The Labute approximate surface area is 93.2 Å². The highest BCUT2D eigenvalue weighted by Gasteiger charge is 2.23. The van der Waals surface area contributed by atoms with Crippen LogP contribution < -0.4 is 9.47 Å². The van der Waals surface area contributed by atoms with Crippen LogP contribution in [0, 0.1) is 0 Å². The molecule has 1 N–H and O–H groups in total. The Morgan fingerprint density at radius 2 is 2.38 bits per heavy atom. The molecule has 0 saturated carbocycles. The molecular weight excluding hydrogens is 210 g/mol. The quantitative estimate of drug-likeness (QED) is 0.353. The lowest BCUT2D eigenvalue weighted by Crippen LogP contribution is -2.05. The van der Waals surface area contributed by atoms with E-state index in [-0.39, 0.29) is 6.10 Å². The molecule has 1 atom stereocenters. The van der Waals surface area contributed by atoms with Crippen molar-refractivity contribution in [1.29, 1.82) is 0 Å². The van der Waals surface area contributed by atoms with E-state index in [2.05, 4.69) is 5.16 Å². The Balaban J connectivity index is 2.09. The van der Waals surface area contributed by atoms with Crippen molar-refractivity contribution in [2.45, 2.75) is 6.10 Å². The van der Waals surface area contributed by atoms with Gasteiger partial charge in [-0.05, 0) is 18.2 Å². The van der Waals surface area contributed by atoms with Gasteiger partial charge in [0, 0.05) is 5.56 Å². The molecule has 2 rings (SSSR count). The van der Waals surface area contributed by atoms with E-state index in [1.54, 1.807) is 25.3 Å². The molecule has 0 amide bonds. The van der Waals surface area contributed by atoms with Gasteiger partial charge in [0.2, 0.25) is 0 Å². The molecule has 0 bridgehead atoms. The van der Waals surface area contributed by atoms with Gasteiger partial charge in [-0.1, -0.05) is 5.16 Å². The topological polar surface area (TPSA) is 63.6 Å². The van der Waals surface area contributed by atoms with E-state index in [9.17, 15) is 0 Å². The molecule has 1 aliphatic rings. The SMILES string of the molecule is COc1cc(C=NO)ccc1OCC1CO1. The van der Waals surface area contributed by atoms with Crippen molar-refractivity contribution in [2.75, 3.05) is 20.3 Å². The monoisotopic (exact) mass is 223 g/mol. The second kappa shape index (κ2) is 4.85. The van der Waals surface area contributed by atoms with Gasteiger partial charge in [-0.3, -0.25) is 0 Å². The first kappa shape index (κ1) is 10.8. The van der Waals surface area contributed by atoms with Crippen LogP contribution >= 0.6 is 0 Å². The number of hydrogen-bond acceptors (Lipinski definition) is 5. The minimum absolute atomic E-state index is 0.211. The summed E-state index contributed by atoms with van der Waals surface area (Å²) < 4.78 is 15.7. The number of methoxy groups -OCH3 is 1. The van der Waals surface area contributed by atoms with Crippen LogP contribution in [0.1, 0.15) is 5.56 Å². The molecule has 1 unspecified atom stereocenters. The number of benzene rings is 1. The summed E-state index contributed by atoms with van der Waals surface area (Å²) in [5.41, 5.74) is 0.745. The van der Waals surface area contributed by atoms with Crippen LogP contribution in [0.2, 0.25) is 0 Å². The Bertz CT molecular complexity index is 388. The minimum Gasteiger partial charge on any atom is -0.493 e. The first-order valence-corrected chi connectivity index (χ1v) is 4.93. The summed E-state index contributed by atoms with van der Waals surface area (Å²) in [6.07, 6.45) is 1.54. The molecule has 1 aromatic carbocycles. The fourth-order valence-corrected chi connectivity index (χ4v) is 1.30. The molecule has 0 aliphatic carbocycles. The van der Waals surface area contributed by atoms with Gasteiger partial charge in [-0.25, -0.2) is 0 Å². The molecule has 16 heavy (non-hydrogen) atoms. The lowest BCUT2D eigenvalue weighted by molar-refractivity contribution is 0.252. The van der Waals surface area contributed by atoms with Gasteiger partial charge in [0.1, 0.15) is 12.7 Å². The number of oxime groups is 1. The first-order valence-electron chi connectivity index (χ1n) is 4.93. The molecule has 0 aromatic heterocycles. The van der Waals surface area contributed by atoms with Crippen LogP contribution in [0.5, 0.6) is 11.5 Å². The van der Waals surface area contributed by atoms with Gasteiger partial charge in [0.05, 0.1) is 19.9 Å². The zero-order valence-corrected chi connectivity index (χ0v) is 8.92. The average Bonchev–Trinajstić information content (AvgIpc) is 3.11. The van der Waals surface area contributed by atoms with Crippen molar-refractivity contribution in [3.05, 3.63) is 23.8 Å². The third-order valence-corrected chi connectivity index (χ3v) is 2.22. The van der Waals surface area contributed by atoms with Crippen LogP contribution in [-0.2, 0) is 4.74 Å². The second-order valence-electron chi connectivity index (χ2n) is 3.42. The summed E-state index contributed by atoms with van der Waals surface area (Å²) in [4.78, 5) is 0. The van der Waals surface area contributed by atoms with Gasteiger partial charge in [-0.15, -0.1) is 0 Å². The van der Waals surface area contributed by atoms with Crippen molar-refractivity contribution >= 4 is 6.21 Å². The van der Waals surface area contributed by atoms with Crippen molar-refractivity contribution in [2.24, 2.45) is 5.16 Å². The summed E-state index contributed by atoms with van der Waals surface area (Å²) >= 11 is 0. The maximum absolute atomic E-state index is 8.42. The van der Waals surface area contributed by atoms with E-state index in [1.807, 2.05) is 0 Å². The molecule has 5 nitrogen and oxygen atoms in total. The lowest BCUT2D eigenvalue weighted by atomic mass is 10.2. The van der Waals surface area contributed by atoms with E-state index < -0.39 is 0 Å². The van der Waals surface area contributed by atoms with Gasteiger partial charge in [-0.2, -0.15) is 0 Å². The zero-order chi connectivity index (χ0) is 11.4. The van der Waals surface area contributed by atoms with Gasteiger partial charge in [0.25, 0.3) is 0 Å². The molecule has 1 aliphatic heterocycles. The van der Waals surface area contributed by atoms with Crippen LogP contribution in [-0.4, -0.2) is 37.8 Å². The molecule has 0 spiro atoms. The molecule has 0 radical (unpaired) electrons. The largest absolute Gasteiger partial charge is 0.493 e. The summed E-state index contributed by atoms with van der Waals surface area (Å²) in [5, 5.41) is 11.4. The Morgan fingerprint density at radius 3 is 3.00 bits per heavy atom. The Kier molecular flexibility index (Phi) is 3.26. The molecule has 1 saturated heterocycles. The summed E-state index contributed by atoms with van der Waals surface area (Å²) in [6.45, 7) is 1.29. The molecule has 5 heteroatoms. The van der Waals surface area contributed by atoms with Crippen LogP contribution in [0.3, 0.4) is 0 Å². The molecule has 1 heterocycles. The van der Waals surface area contributed by atoms with E-state index in [1.165, 1.54) is 6.21 Å². The zero-order valence-electron chi connectivity index (χ0n) is 8.92. The minimum atomic E-state index is 0.211. The first-order chi connectivity index (χ1) is 7.83. The smallest absolute Gasteiger partial charge is 0.161 e. The van der Waals surface area contributed by atoms with Crippen molar-refractivity contribution in [3.8, 4) is 11.5 Å². The van der Waals surface area contributed by atoms with Gasteiger partial charge < -0.3 is 19.4 Å². The highest BCUT2D eigenvalue weighted by atomic mass is 16.6.